The number of nitrogen functional groups attached to an aromatic ring is 1. The van der Waals surface area contributed by atoms with Crippen LogP contribution in [0, 0.1) is 0 Å². The molecular formula is C5H7ClN4O3S. The van der Waals surface area contributed by atoms with Gasteiger partial charge < -0.3 is 15.7 Å². The topological polar surface area (TPSA) is 111 Å². The average Bonchev–Trinajstić information content (AvgIpc) is 2.46. The van der Waals surface area contributed by atoms with Crippen molar-refractivity contribution in [1.29, 1.82) is 0 Å². The molecule has 0 spiro atoms. The highest BCUT2D eigenvalue weighted by molar-refractivity contribution is 7.09. The number of carboxylic acid groups (broad SMARTS) is 1. The number of aromatic nitrogens is 2. The maximum absolute atomic E-state index is 10.6. The molecule has 0 aromatic carbocycles. The normalized spacial score (nSPS) is 10.5. The van der Waals surface area contributed by atoms with E-state index in [0.717, 1.165) is 11.5 Å². The number of hydrogen-bond acceptors (Lipinski definition) is 7. The Kier molecular flexibility index (Phi) is 4.81. The molecular weight excluding hydrogens is 232 g/mol. The molecule has 0 radical (unpaired) electrons. The first-order valence-electron chi connectivity index (χ1n) is 3.09. The van der Waals surface area contributed by atoms with Gasteiger partial charge in [0, 0.05) is 11.5 Å². The SMILES string of the molecule is CO/N=C(\C(=O)O)c1nsc(N)n1.Cl. The molecule has 1 aromatic rings. The number of anilines is 1. The first-order chi connectivity index (χ1) is 6.15. The zero-order valence-corrected chi connectivity index (χ0v) is 8.63. The summed E-state index contributed by atoms with van der Waals surface area (Å²) in [5, 5.41) is 12.1. The van der Waals surface area contributed by atoms with E-state index in [9.17, 15) is 4.79 Å². The van der Waals surface area contributed by atoms with Crippen LogP contribution < -0.4 is 5.73 Å². The van der Waals surface area contributed by atoms with Gasteiger partial charge >= 0.3 is 5.97 Å². The summed E-state index contributed by atoms with van der Waals surface area (Å²) in [6.07, 6.45) is 0. The molecule has 0 aliphatic heterocycles. The maximum Gasteiger partial charge on any atom is 0.362 e. The Balaban J connectivity index is 0.00000169. The van der Waals surface area contributed by atoms with E-state index in [2.05, 4.69) is 19.4 Å². The first kappa shape index (κ1) is 12.6. The first-order valence-corrected chi connectivity index (χ1v) is 3.86. The molecule has 1 rings (SSSR count). The predicted molar refractivity (Wildman–Crippen MR) is 52.8 cm³/mol. The lowest BCUT2D eigenvalue weighted by molar-refractivity contribution is -0.129. The van der Waals surface area contributed by atoms with Crippen LogP contribution in [0.5, 0.6) is 0 Å². The predicted octanol–water partition coefficient (Wildman–Crippen LogP) is -0.0228. The van der Waals surface area contributed by atoms with Gasteiger partial charge in [-0.15, -0.1) is 12.4 Å². The van der Waals surface area contributed by atoms with E-state index < -0.39 is 5.97 Å². The van der Waals surface area contributed by atoms with Gasteiger partial charge in [-0.25, -0.2) is 4.79 Å². The van der Waals surface area contributed by atoms with E-state index in [0.29, 0.717) is 0 Å². The highest BCUT2D eigenvalue weighted by Gasteiger charge is 2.18. The number of aliphatic carboxylic acids is 1. The van der Waals surface area contributed by atoms with Crippen LogP contribution in [0.15, 0.2) is 5.16 Å². The van der Waals surface area contributed by atoms with Crippen molar-refractivity contribution in [2.24, 2.45) is 5.16 Å². The Labute approximate surface area is 89.2 Å². The fourth-order valence-electron chi connectivity index (χ4n) is 0.598. The average molecular weight is 239 g/mol. The molecule has 0 bridgehead atoms. The third kappa shape index (κ3) is 2.82. The number of rotatable bonds is 3. The molecule has 0 unspecified atom stereocenters. The summed E-state index contributed by atoms with van der Waals surface area (Å²) in [4.78, 5) is 18.5. The minimum Gasteiger partial charge on any atom is -0.476 e. The van der Waals surface area contributed by atoms with Gasteiger partial charge in [0.2, 0.25) is 11.5 Å². The second-order valence-electron chi connectivity index (χ2n) is 1.88. The zero-order chi connectivity index (χ0) is 9.84. The quantitative estimate of drug-likeness (QED) is 0.565. The van der Waals surface area contributed by atoms with E-state index >= 15 is 0 Å². The highest BCUT2D eigenvalue weighted by atomic mass is 35.5. The molecule has 3 N–H and O–H groups in total. The van der Waals surface area contributed by atoms with Crippen molar-refractivity contribution < 1.29 is 14.7 Å². The van der Waals surface area contributed by atoms with Gasteiger partial charge in [0.05, 0.1) is 0 Å². The molecule has 0 saturated heterocycles. The van der Waals surface area contributed by atoms with Crippen LogP contribution in [-0.4, -0.2) is 33.3 Å². The molecule has 0 fully saturated rings. The molecule has 0 atom stereocenters. The van der Waals surface area contributed by atoms with Gasteiger partial charge in [-0.2, -0.15) is 9.36 Å². The van der Waals surface area contributed by atoms with Crippen molar-refractivity contribution in [3.63, 3.8) is 0 Å². The monoisotopic (exact) mass is 238 g/mol. The standard InChI is InChI=1S/C5H6N4O3S.ClH/c1-12-8-2(4(10)11)3-7-5(6)13-9-3;/h1H3,(H,10,11)(H2,6,7,9);1H/b8-2-;. The van der Waals surface area contributed by atoms with Crippen molar-refractivity contribution >= 4 is 40.8 Å². The fourth-order valence-corrected chi connectivity index (χ4v) is 1.03. The van der Waals surface area contributed by atoms with Gasteiger partial charge in [0.15, 0.2) is 5.13 Å². The number of oxime groups is 1. The largest absolute Gasteiger partial charge is 0.476 e. The molecule has 78 valence electrons. The lowest BCUT2D eigenvalue weighted by atomic mass is 10.4. The van der Waals surface area contributed by atoms with Crippen LogP contribution in [0.25, 0.3) is 0 Å². The zero-order valence-electron chi connectivity index (χ0n) is 7.00. The lowest BCUT2D eigenvalue weighted by Crippen LogP contribution is -2.16. The van der Waals surface area contributed by atoms with Crippen LogP contribution in [0.1, 0.15) is 5.82 Å². The summed E-state index contributed by atoms with van der Waals surface area (Å²) in [6.45, 7) is 0. The van der Waals surface area contributed by atoms with Crippen molar-refractivity contribution in [1.82, 2.24) is 9.36 Å². The van der Waals surface area contributed by atoms with Crippen molar-refractivity contribution in [2.75, 3.05) is 12.8 Å². The van der Waals surface area contributed by atoms with Crippen LogP contribution >= 0.6 is 23.9 Å². The minimum atomic E-state index is -1.26. The Bertz CT molecular complexity index is 353. The van der Waals surface area contributed by atoms with Crippen molar-refractivity contribution in [2.45, 2.75) is 0 Å². The summed E-state index contributed by atoms with van der Waals surface area (Å²) in [7, 11) is 1.23. The third-order valence-corrected chi connectivity index (χ3v) is 1.58. The number of hydrogen-bond donors (Lipinski definition) is 2. The van der Waals surface area contributed by atoms with Crippen LogP contribution in [0.4, 0.5) is 5.13 Å². The molecule has 0 amide bonds. The molecule has 9 heteroatoms. The van der Waals surface area contributed by atoms with Gasteiger partial charge in [-0.1, -0.05) is 5.16 Å². The molecule has 1 heterocycles. The summed E-state index contributed by atoms with van der Waals surface area (Å²) in [6, 6.07) is 0. The van der Waals surface area contributed by atoms with Crippen LogP contribution in [0.2, 0.25) is 0 Å². The summed E-state index contributed by atoms with van der Waals surface area (Å²) >= 11 is 0.893. The maximum atomic E-state index is 10.6. The molecule has 0 saturated carbocycles. The number of carbonyl (C=O) groups is 1. The summed E-state index contributed by atoms with van der Waals surface area (Å²) < 4.78 is 3.67. The number of nitrogens with zero attached hydrogens (tertiary/aromatic N) is 3. The molecule has 7 nitrogen and oxygen atoms in total. The molecule has 0 aliphatic rings. The minimum absolute atomic E-state index is 0. The van der Waals surface area contributed by atoms with Crippen LogP contribution in [0.3, 0.4) is 0 Å². The summed E-state index contributed by atoms with van der Waals surface area (Å²) in [5.74, 6) is -1.31. The Morgan fingerprint density at radius 2 is 2.36 bits per heavy atom. The number of carboxylic acids is 1. The number of halogens is 1. The Morgan fingerprint density at radius 1 is 1.71 bits per heavy atom. The van der Waals surface area contributed by atoms with E-state index in [1.807, 2.05) is 0 Å². The highest BCUT2D eigenvalue weighted by Crippen LogP contribution is 2.06. The van der Waals surface area contributed by atoms with E-state index in [4.69, 9.17) is 10.8 Å². The summed E-state index contributed by atoms with van der Waals surface area (Å²) in [5.41, 5.74) is 4.90. The van der Waals surface area contributed by atoms with Crippen LogP contribution in [-0.2, 0) is 9.63 Å². The fraction of sp³-hybridized carbons (Fsp3) is 0.200. The van der Waals surface area contributed by atoms with Crippen molar-refractivity contribution in [3.8, 4) is 0 Å². The van der Waals surface area contributed by atoms with Gasteiger partial charge in [0.1, 0.15) is 7.11 Å². The van der Waals surface area contributed by atoms with Crippen molar-refractivity contribution in [3.05, 3.63) is 5.82 Å². The lowest BCUT2D eigenvalue weighted by Gasteiger charge is -1.92. The van der Waals surface area contributed by atoms with E-state index in [1.165, 1.54) is 7.11 Å². The second-order valence-corrected chi connectivity index (χ2v) is 2.67. The third-order valence-electron chi connectivity index (χ3n) is 1.04. The molecule has 1 aromatic heterocycles. The van der Waals surface area contributed by atoms with E-state index in [1.54, 1.807) is 0 Å². The number of nitrogens with two attached hydrogens (primary N) is 1. The van der Waals surface area contributed by atoms with Gasteiger partial charge in [0.25, 0.3) is 0 Å². The van der Waals surface area contributed by atoms with Gasteiger partial charge in [-0.3, -0.25) is 0 Å². The molecule has 0 aliphatic carbocycles. The second kappa shape index (κ2) is 5.35. The molecule has 14 heavy (non-hydrogen) atoms. The Hall–Kier alpha value is -1.41. The van der Waals surface area contributed by atoms with E-state index in [-0.39, 0.29) is 29.1 Å². The Morgan fingerprint density at radius 3 is 2.71 bits per heavy atom. The van der Waals surface area contributed by atoms with Gasteiger partial charge in [-0.05, 0) is 0 Å². The smallest absolute Gasteiger partial charge is 0.362 e.